The molecular formula is C12H15F2NO2. The van der Waals surface area contributed by atoms with Crippen LogP contribution >= 0.6 is 0 Å². The van der Waals surface area contributed by atoms with Gasteiger partial charge >= 0.3 is 5.97 Å². The van der Waals surface area contributed by atoms with Gasteiger partial charge in [0.2, 0.25) is 0 Å². The van der Waals surface area contributed by atoms with Gasteiger partial charge in [-0.1, -0.05) is 6.07 Å². The van der Waals surface area contributed by atoms with E-state index in [9.17, 15) is 13.6 Å². The van der Waals surface area contributed by atoms with E-state index in [1.165, 1.54) is 19.1 Å². The second-order valence-electron chi connectivity index (χ2n) is 3.79. The van der Waals surface area contributed by atoms with Crippen molar-refractivity contribution in [3.8, 4) is 0 Å². The molecule has 0 saturated carbocycles. The van der Waals surface area contributed by atoms with Crippen LogP contribution in [0.1, 0.15) is 19.4 Å². The van der Waals surface area contributed by atoms with Crippen molar-refractivity contribution < 1.29 is 18.3 Å². The molecule has 1 rings (SSSR count). The molecule has 0 aliphatic carbocycles. The van der Waals surface area contributed by atoms with Crippen LogP contribution in [0.5, 0.6) is 0 Å². The molecule has 1 unspecified atom stereocenters. The molecular weight excluding hydrogens is 228 g/mol. The van der Waals surface area contributed by atoms with Crippen LogP contribution in [0.25, 0.3) is 0 Å². The van der Waals surface area contributed by atoms with E-state index in [0.29, 0.717) is 12.1 Å². The number of carbonyl (C=O) groups is 1. The Bertz CT molecular complexity index is 396. The molecule has 0 aliphatic heterocycles. The van der Waals surface area contributed by atoms with E-state index in [4.69, 9.17) is 4.74 Å². The maximum atomic E-state index is 13.2. The zero-order valence-corrected chi connectivity index (χ0v) is 9.80. The van der Waals surface area contributed by atoms with Gasteiger partial charge in [-0.2, -0.15) is 0 Å². The Balaban J connectivity index is 2.38. The third kappa shape index (κ3) is 4.91. The molecule has 0 fully saturated rings. The maximum absolute atomic E-state index is 13.2. The molecule has 0 spiro atoms. The normalized spacial score (nSPS) is 12.2. The van der Waals surface area contributed by atoms with Crippen LogP contribution in [0.3, 0.4) is 0 Å². The van der Waals surface area contributed by atoms with E-state index in [-0.39, 0.29) is 18.6 Å². The van der Waals surface area contributed by atoms with Crippen molar-refractivity contribution in [1.82, 2.24) is 5.32 Å². The number of hydrogen-bond donors (Lipinski definition) is 1. The van der Waals surface area contributed by atoms with E-state index in [1.54, 1.807) is 6.92 Å². The van der Waals surface area contributed by atoms with Crippen LogP contribution < -0.4 is 5.32 Å². The highest BCUT2D eigenvalue weighted by Crippen LogP contribution is 2.08. The van der Waals surface area contributed by atoms with Crippen LogP contribution in [-0.2, 0) is 16.1 Å². The minimum atomic E-state index is -0.598. The SMILES string of the molecule is CC(=O)OC(C)CNCc1ccc(F)cc1F. The largest absolute Gasteiger partial charge is 0.462 e. The Morgan fingerprint density at radius 3 is 2.76 bits per heavy atom. The summed E-state index contributed by atoms with van der Waals surface area (Å²) in [5.74, 6) is -1.54. The summed E-state index contributed by atoms with van der Waals surface area (Å²) in [4.78, 5) is 10.6. The van der Waals surface area contributed by atoms with Crippen LogP contribution in [0, 0.1) is 11.6 Å². The second kappa shape index (κ2) is 6.30. The molecule has 3 nitrogen and oxygen atoms in total. The first-order valence-electron chi connectivity index (χ1n) is 5.31. The van der Waals surface area contributed by atoms with Gasteiger partial charge in [-0.25, -0.2) is 8.78 Å². The number of ether oxygens (including phenoxy) is 1. The molecule has 0 aromatic heterocycles. The smallest absolute Gasteiger partial charge is 0.302 e. The number of esters is 1. The lowest BCUT2D eigenvalue weighted by atomic mass is 10.2. The lowest BCUT2D eigenvalue weighted by Gasteiger charge is -2.12. The number of nitrogens with one attached hydrogen (secondary N) is 1. The van der Waals surface area contributed by atoms with Gasteiger partial charge < -0.3 is 10.1 Å². The molecule has 17 heavy (non-hydrogen) atoms. The highest BCUT2D eigenvalue weighted by Gasteiger charge is 2.06. The summed E-state index contributed by atoms with van der Waals surface area (Å²) in [6.45, 7) is 3.74. The van der Waals surface area contributed by atoms with Gasteiger partial charge in [-0.15, -0.1) is 0 Å². The predicted molar refractivity (Wildman–Crippen MR) is 59.3 cm³/mol. The summed E-state index contributed by atoms with van der Waals surface area (Å²) in [5.41, 5.74) is 0.376. The molecule has 0 aliphatic rings. The van der Waals surface area contributed by atoms with Crippen molar-refractivity contribution >= 4 is 5.97 Å². The Kier molecular flexibility index (Phi) is 5.03. The quantitative estimate of drug-likeness (QED) is 0.804. The van der Waals surface area contributed by atoms with Gasteiger partial charge in [0, 0.05) is 31.6 Å². The highest BCUT2D eigenvalue weighted by atomic mass is 19.1. The van der Waals surface area contributed by atoms with E-state index in [1.807, 2.05) is 0 Å². The van der Waals surface area contributed by atoms with Gasteiger partial charge in [0.05, 0.1) is 0 Å². The second-order valence-corrected chi connectivity index (χ2v) is 3.79. The zero-order chi connectivity index (χ0) is 12.8. The van der Waals surface area contributed by atoms with Gasteiger partial charge in [-0.3, -0.25) is 4.79 Å². The van der Waals surface area contributed by atoms with E-state index in [2.05, 4.69) is 5.32 Å². The van der Waals surface area contributed by atoms with Crippen molar-refractivity contribution in [2.24, 2.45) is 0 Å². The lowest BCUT2D eigenvalue weighted by molar-refractivity contribution is -0.145. The molecule has 1 aromatic rings. The summed E-state index contributed by atoms with van der Waals surface area (Å²) >= 11 is 0. The number of carbonyl (C=O) groups excluding carboxylic acids is 1. The van der Waals surface area contributed by atoms with Crippen molar-refractivity contribution in [1.29, 1.82) is 0 Å². The molecule has 0 amide bonds. The summed E-state index contributed by atoms with van der Waals surface area (Å²) < 4.78 is 30.7. The third-order valence-electron chi connectivity index (χ3n) is 2.13. The minimum absolute atomic E-state index is 0.262. The highest BCUT2D eigenvalue weighted by molar-refractivity contribution is 5.66. The van der Waals surface area contributed by atoms with E-state index < -0.39 is 11.6 Å². The summed E-state index contributed by atoms with van der Waals surface area (Å²) in [7, 11) is 0. The first-order chi connectivity index (χ1) is 7.99. The first-order valence-corrected chi connectivity index (χ1v) is 5.31. The van der Waals surface area contributed by atoms with Crippen molar-refractivity contribution in [2.75, 3.05) is 6.54 Å². The maximum Gasteiger partial charge on any atom is 0.302 e. The first kappa shape index (κ1) is 13.6. The molecule has 94 valence electrons. The Labute approximate surface area is 98.8 Å². The fraction of sp³-hybridized carbons (Fsp3) is 0.417. The predicted octanol–water partition coefficient (Wildman–Crippen LogP) is 2.01. The van der Waals surface area contributed by atoms with Crippen LogP contribution in [0.15, 0.2) is 18.2 Å². The molecule has 1 N–H and O–H groups in total. The summed E-state index contributed by atoms with van der Waals surface area (Å²) in [5, 5.41) is 2.93. The van der Waals surface area contributed by atoms with E-state index in [0.717, 1.165) is 6.07 Å². The minimum Gasteiger partial charge on any atom is -0.462 e. The number of rotatable bonds is 5. The Hall–Kier alpha value is -1.49. The average molecular weight is 243 g/mol. The average Bonchev–Trinajstić information content (AvgIpc) is 2.20. The Morgan fingerprint density at radius 1 is 1.47 bits per heavy atom. The Morgan fingerprint density at radius 2 is 2.18 bits per heavy atom. The van der Waals surface area contributed by atoms with Crippen LogP contribution in [0.2, 0.25) is 0 Å². The topological polar surface area (TPSA) is 38.3 Å². The van der Waals surface area contributed by atoms with Gasteiger partial charge in [0.25, 0.3) is 0 Å². The van der Waals surface area contributed by atoms with Gasteiger partial charge in [-0.05, 0) is 13.0 Å². The van der Waals surface area contributed by atoms with E-state index >= 15 is 0 Å². The third-order valence-corrected chi connectivity index (χ3v) is 2.13. The molecule has 0 saturated heterocycles. The van der Waals surface area contributed by atoms with Gasteiger partial charge in [0.15, 0.2) is 0 Å². The molecule has 0 heterocycles. The monoisotopic (exact) mass is 243 g/mol. The fourth-order valence-electron chi connectivity index (χ4n) is 1.40. The van der Waals surface area contributed by atoms with Gasteiger partial charge in [0.1, 0.15) is 17.7 Å². The lowest BCUT2D eigenvalue weighted by Crippen LogP contribution is -2.28. The number of benzene rings is 1. The fourth-order valence-corrected chi connectivity index (χ4v) is 1.40. The summed E-state index contributed by atoms with van der Waals surface area (Å²) in [6, 6.07) is 3.43. The van der Waals surface area contributed by atoms with Crippen molar-refractivity contribution in [2.45, 2.75) is 26.5 Å². The molecule has 0 radical (unpaired) electrons. The van der Waals surface area contributed by atoms with Crippen molar-refractivity contribution in [3.05, 3.63) is 35.4 Å². The van der Waals surface area contributed by atoms with Crippen molar-refractivity contribution in [3.63, 3.8) is 0 Å². The molecule has 5 heteroatoms. The van der Waals surface area contributed by atoms with Crippen LogP contribution in [0.4, 0.5) is 8.78 Å². The molecule has 0 bridgehead atoms. The number of halogens is 2. The summed E-state index contributed by atoms with van der Waals surface area (Å²) in [6.07, 6.45) is -0.281. The number of hydrogen-bond acceptors (Lipinski definition) is 3. The van der Waals surface area contributed by atoms with Crippen LogP contribution in [-0.4, -0.2) is 18.6 Å². The molecule has 1 aromatic carbocycles. The standard InChI is InChI=1S/C12H15F2NO2/c1-8(17-9(2)16)6-15-7-10-3-4-11(13)5-12(10)14/h3-5,8,15H,6-7H2,1-2H3. The molecule has 1 atom stereocenters. The zero-order valence-electron chi connectivity index (χ0n) is 9.80.